The van der Waals surface area contributed by atoms with E-state index >= 15 is 0 Å². The number of aliphatic hydroxyl groups is 1. The van der Waals surface area contributed by atoms with Gasteiger partial charge >= 0.3 is 0 Å². The van der Waals surface area contributed by atoms with Gasteiger partial charge in [0.1, 0.15) is 0 Å². The second-order valence-electron chi connectivity index (χ2n) is 9.54. The molecule has 0 radical (unpaired) electrons. The molecule has 1 aliphatic heterocycles. The zero-order chi connectivity index (χ0) is 19.5. The minimum atomic E-state index is -0.549. The molecule has 2 aliphatic rings. The van der Waals surface area contributed by atoms with Crippen LogP contribution in [0.15, 0.2) is 30.3 Å². The van der Waals surface area contributed by atoms with Gasteiger partial charge in [0, 0.05) is 18.9 Å². The first-order valence-corrected chi connectivity index (χ1v) is 12.2. The molecule has 0 bridgehead atoms. The van der Waals surface area contributed by atoms with Crippen molar-refractivity contribution >= 4 is 0 Å². The highest BCUT2D eigenvalue weighted by Gasteiger charge is 2.37. The van der Waals surface area contributed by atoms with Crippen LogP contribution in [0, 0.1) is 5.92 Å². The molecule has 0 aromatic heterocycles. The van der Waals surface area contributed by atoms with E-state index in [1.165, 1.54) is 102 Å². The molecule has 2 heteroatoms. The highest BCUT2D eigenvalue weighted by atomic mass is 16.3. The first kappa shape index (κ1) is 21.8. The average Bonchev–Trinajstić information content (AvgIpc) is 2.97. The predicted molar refractivity (Wildman–Crippen MR) is 120 cm³/mol. The summed E-state index contributed by atoms with van der Waals surface area (Å²) in [7, 11) is 0. The van der Waals surface area contributed by atoms with Crippen LogP contribution < -0.4 is 0 Å². The molecule has 1 heterocycles. The molecular formula is C26H43NO. The Bertz CT molecular complexity index is 522. The number of rotatable bonds is 4. The van der Waals surface area contributed by atoms with Crippen molar-refractivity contribution in [2.45, 2.75) is 102 Å². The quantitative estimate of drug-likeness (QED) is 0.651. The summed E-state index contributed by atoms with van der Waals surface area (Å²) >= 11 is 0. The van der Waals surface area contributed by atoms with E-state index in [2.05, 4.69) is 35.2 Å². The van der Waals surface area contributed by atoms with Gasteiger partial charge in [-0.05, 0) is 44.3 Å². The first-order valence-electron chi connectivity index (χ1n) is 12.2. The Balaban J connectivity index is 1.75. The maximum atomic E-state index is 12.0. The van der Waals surface area contributed by atoms with Gasteiger partial charge in [-0.1, -0.05) is 94.5 Å². The number of likely N-dealkylation sites (tertiary alicyclic amines) is 1. The van der Waals surface area contributed by atoms with Crippen molar-refractivity contribution in [3.05, 3.63) is 35.9 Å². The van der Waals surface area contributed by atoms with E-state index in [1.807, 2.05) is 0 Å². The second kappa shape index (κ2) is 12.0. The van der Waals surface area contributed by atoms with Crippen molar-refractivity contribution in [3.63, 3.8) is 0 Å². The molecule has 2 fully saturated rings. The summed E-state index contributed by atoms with van der Waals surface area (Å²) < 4.78 is 0. The van der Waals surface area contributed by atoms with E-state index in [0.717, 1.165) is 19.4 Å². The first-order chi connectivity index (χ1) is 13.8. The lowest BCUT2D eigenvalue weighted by molar-refractivity contribution is -0.0444. The Kier molecular flexibility index (Phi) is 9.34. The van der Waals surface area contributed by atoms with E-state index in [0.29, 0.717) is 5.92 Å². The lowest BCUT2D eigenvalue weighted by Crippen LogP contribution is -2.46. The van der Waals surface area contributed by atoms with Gasteiger partial charge in [-0.3, -0.25) is 0 Å². The number of benzene rings is 1. The largest absolute Gasteiger partial charge is 0.389 e. The van der Waals surface area contributed by atoms with Gasteiger partial charge in [0.2, 0.25) is 0 Å². The molecule has 2 nitrogen and oxygen atoms in total. The standard InChI is InChI=1S/C26H43NO/c28-26(22-24-16-10-9-11-17-24)19-13-6-4-2-1-3-5-12-18-25(26)23-27-20-14-7-8-15-21-27/h9-11,16-17,25,28H,1-8,12-15,18-23H2. The van der Waals surface area contributed by atoms with Gasteiger partial charge < -0.3 is 10.0 Å². The van der Waals surface area contributed by atoms with Crippen LogP contribution >= 0.6 is 0 Å². The van der Waals surface area contributed by atoms with Gasteiger partial charge in [-0.25, -0.2) is 0 Å². The van der Waals surface area contributed by atoms with Gasteiger partial charge in [0.15, 0.2) is 0 Å². The lowest BCUT2D eigenvalue weighted by Gasteiger charge is -2.40. The number of hydrogen-bond acceptors (Lipinski definition) is 2. The van der Waals surface area contributed by atoms with Crippen molar-refractivity contribution in [2.75, 3.05) is 19.6 Å². The maximum Gasteiger partial charge on any atom is 0.0728 e. The smallest absolute Gasteiger partial charge is 0.0728 e. The fourth-order valence-corrected chi connectivity index (χ4v) is 5.43. The van der Waals surface area contributed by atoms with Gasteiger partial charge in [0.05, 0.1) is 5.60 Å². The van der Waals surface area contributed by atoms with Crippen molar-refractivity contribution in [1.82, 2.24) is 4.90 Å². The van der Waals surface area contributed by atoms with Crippen LogP contribution in [-0.4, -0.2) is 35.2 Å². The summed E-state index contributed by atoms with van der Waals surface area (Å²) in [5, 5.41) is 12.0. The third kappa shape index (κ3) is 7.19. The van der Waals surface area contributed by atoms with E-state index in [1.54, 1.807) is 0 Å². The lowest BCUT2D eigenvalue weighted by atomic mass is 9.75. The SMILES string of the molecule is OC1(Cc2ccccc2)CCCCCCCCCCC1CN1CCCCCC1. The Morgan fingerprint density at radius 3 is 2.00 bits per heavy atom. The van der Waals surface area contributed by atoms with Gasteiger partial charge in [0.25, 0.3) is 0 Å². The number of nitrogens with zero attached hydrogens (tertiary/aromatic N) is 1. The summed E-state index contributed by atoms with van der Waals surface area (Å²) in [5.41, 5.74) is 0.755. The predicted octanol–water partition coefficient (Wildman–Crippen LogP) is 6.37. The molecule has 1 N–H and O–H groups in total. The zero-order valence-electron chi connectivity index (χ0n) is 18.1. The molecular weight excluding hydrogens is 342 g/mol. The van der Waals surface area contributed by atoms with Crippen molar-refractivity contribution in [1.29, 1.82) is 0 Å². The van der Waals surface area contributed by atoms with Crippen molar-refractivity contribution < 1.29 is 5.11 Å². The monoisotopic (exact) mass is 385 g/mol. The molecule has 1 saturated carbocycles. The fraction of sp³-hybridized carbons (Fsp3) is 0.769. The third-order valence-electron chi connectivity index (χ3n) is 7.20. The second-order valence-corrected chi connectivity index (χ2v) is 9.54. The summed E-state index contributed by atoms with van der Waals surface area (Å²) in [5.74, 6) is 0.408. The molecule has 0 spiro atoms. The van der Waals surface area contributed by atoms with Crippen LogP contribution in [0.2, 0.25) is 0 Å². The topological polar surface area (TPSA) is 23.5 Å². The molecule has 158 valence electrons. The van der Waals surface area contributed by atoms with Crippen LogP contribution in [0.3, 0.4) is 0 Å². The minimum Gasteiger partial charge on any atom is -0.389 e. The molecule has 1 aromatic rings. The van der Waals surface area contributed by atoms with Crippen LogP contribution in [0.25, 0.3) is 0 Å². The Labute approximate surface area is 173 Å². The highest BCUT2D eigenvalue weighted by molar-refractivity contribution is 5.17. The fourth-order valence-electron chi connectivity index (χ4n) is 5.43. The van der Waals surface area contributed by atoms with Crippen molar-refractivity contribution in [3.8, 4) is 0 Å². The summed E-state index contributed by atoms with van der Waals surface area (Å²) in [6.45, 7) is 3.57. The van der Waals surface area contributed by atoms with Crippen molar-refractivity contribution in [2.24, 2.45) is 5.92 Å². The van der Waals surface area contributed by atoms with E-state index in [9.17, 15) is 5.11 Å². The molecule has 1 aliphatic carbocycles. The summed E-state index contributed by atoms with van der Waals surface area (Å²) in [6, 6.07) is 10.7. The summed E-state index contributed by atoms with van der Waals surface area (Å²) in [6.07, 6.45) is 19.1. The molecule has 28 heavy (non-hydrogen) atoms. The Morgan fingerprint density at radius 2 is 1.32 bits per heavy atom. The molecule has 1 aromatic carbocycles. The van der Waals surface area contributed by atoms with Crippen LogP contribution in [0.1, 0.15) is 95.5 Å². The number of hydrogen-bond donors (Lipinski definition) is 1. The Hall–Kier alpha value is -0.860. The normalized spacial score (nSPS) is 29.4. The molecule has 1 saturated heterocycles. The molecule has 0 amide bonds. The minimum absolute atomic E-state index is 0.408. The van der Waals surface area contributed by atoms with E-state index in [-0.39, 0.29) is 0 Å². The molecule has 2 unspecified atom stereocenters. The van der Waals surface area contributed by atoms with Crippen LogP contribution in [0.5, 0.6) is 0 Å². The van der Waals surface area contributed by atoms with Gasteiger partial charge in [-0.2, -0.15) is 0 Å². The van der Waals surface area contributed by atoms with Gasteiger partial charge in [-0.15, -0.1) is 0 Å². The summed E-state index contributed by atoms with van der Waals surface area (Å²) in [4.78, 5) is 2.68. The highest BCUT2D eigenvalue weighted by Crippen LogP contribution is 2.34. The zero-order valence-corrected chi connectivity index (χ0v) is 18.1. The third-order valence-corrected chi connectivity index (χ3v) is 7.20. The van der Waals surface area contributed by atoms with Crippen LogP contribution in [-0.2, 0) is 6.42 Å². The molecule has 3 rings (SSSR count). The van der Waals surface area contributed by atoms with E-state index in [4.69, 9.17) is 0 Å². The Morgan fingerprint density at radius 1 is 0.750 bits per heavy atom. The molecule has 2 atom stereocenters. The van der Waals surface area contributed by atoms with E-state index < -0.39 is 5.60 Å². The maximum absolute atomic E-state index is 12.0. The van der Waals surface area contributed by atoms with Crippen LogP contribution in [0.4, 0.5) is 0 Å². The average molecular weight is 386 g/mol.